The third-order valence-electron chi connectivity index (χ3n) is 6.17. The fourth-order valence-corrected chi connectivity index (χ4v) is 4.26. The van der Waals surface area contributed by atoms with Crippen molar-refractivity contribution >= 4 is 34.7 Å². The molecule has 3 N–H and O–H groups in total. The molecule has 4 amide bonds. The molecule has 2 aliphatic heterocycles. The van der Waals surface area contributed by atoms with Crippen LogP contribution in [0.5, 0.6) is 5.75 Å². The van der Waals surface area contributed by atoms with Crippen LogP contribution in [-0.2, 0) is 9.59 Å². The van der Waals surface area contributed by atoms with E-state index in [9.17, 15) is 19.2 Å². The van der Waals surface area contributed by atoms with Gasteiger partial charge in [-0.05, 0) is 24.3 Å². The highest BCUT2D eigenvalue weighted by atomic mass is 16.6. The largest absolute Gasteiger partial charge is 0.413 e. The first kappa shape index (κ1) is 21.5. The molecule has 10 nitrogen and oxygen atoms in total. The lowest BCUT2D eigenvalue weighted by atomic mass is 9.85. The van der Waals surface area contributed by atoms with Gasteiger partial charge in [0.2, 0.25) is 11.8 Å². The predicted molar refractivity (Wildman–Crippen MR) is 122 cm³/mol. The van der Waals surface area contributed by atoms with Gasteiger partial charge in [-0.1, -0.05) is 36.4 Å². The van der Waals surface area contributed by atoms with Gasteiger partial charge in [0.05, 0.1) is 18.6 Å². The Bertz CT molecular complexity index is 1220. The van der Waals surface area contributed by atoms with E-state index in [2.05, 4.69) is 15.6 Å². The summed E-state index contributed by atoms with van der Waals surface area (Å²) in [5, 5.41) is 6.02. The number of fused-ring (bicyclic) bond motifs is 2. The lowest BCUT2D eigenvalue weighted by molar-refractivity contribution is -0.175. The van der Waals surface area contributed by atoms with Crippen molar-refractivity contribution in [3.8, 4) is 5.75 Å². The molecule has 0 aliphatic carbocycles. The summed E-state index contributed by atoms with van der Waals surface area (Å²) in [5.74, 6) is -0.380. The third kappa shape index (κ3) is 4.17. The molecule has 0 saturated carbocycles. The summed E-state index contributed by atoms with van der Waals surface area (Å²) in [7, 11) is 0. The van der Waals surface area contributed by atoms with Gasteiger partial charge in [0.1, 0.15) is 18.0 Å². The molecular formula is C24H23N5O5. The summed E-state index contributed by atoms with van der Waals surface area (Å²) in [6.45, 7) is 0.522. The van der Waals surface area contributed by atoms with E-state index in [-0.39, 0.29) is 42.9 Å². The summed E-state index contributed by atoms with van der Waals surface area (Å²) < 4.78 is 5.09. The average Bonchev–Trinajstić information content (AvgIpc) is 3.27. The van der Waals surface area contributed by atoms with Gasteiger partial charge < -0.3 is 30.2 Å². The fraction of sp³-hybridized carbons (Fsp3) is 0.250. The minimum Gasteiger partial charge on any atom is -0.410 e. The number of benzene rings is 2. The third-order valence-corrected chi connectivity index (χ3v) is 6.17. The molecule has 0 spiro atoms. The van der Waals surface area contributed by atoms with Crippen LogP contribution < -0.4 is 15.4 Å². The number of H-pyrrole nitrogens is 1. The Morgan fingerprint density at radius 2 is 1.47 bits per heavy atom. The molecule has 2 fully saturated rings. The van der Waals surface area contributed by atoms with Crippen molar-refractivity contribution in [2.75, 3.05) is 26.2 Å². The standard InChI is InChI=1S/C24H23N5O5/c30-21(11-25-23(32)18-10-15-6-4-5-9-17(15)27-18)28-13-20-19(28)14-29(20)22(31)12-26-24(33)34-16-7-2-1-3-8-16/h1-10,19-20,27H,11-14H2,(H,25,32)(H,26,33). The van der Waals surface area contributed by atoms with E-state index in [1.807, 2.05) is 24.3 Å². The van der Waals surface area contributed by atoms with E-state index in [4.69, 9.17) is 4.74 Å². The number of ether oxygens (including phenoxy) is 1. The summed E-state index contributed by atoms with van der Waals surface area (Å²) in [5.41, 5.74) is 1.25. The van der Waals surface area contributed by atoms with E-state index < -0.39 is 6.09 Å². The van der Waals surface area contributed by atoms with Crippen molar-refractivity contribution in [3.05, 3.63) is 66.4 Å². The number of aromatic amines is 1. The number of carbonyl (C=O) groups is 4. The van der Waals surface area contributed by atoms with Crippen molar-refractivity contribution in [1.82, 2.24) is 25.4 Å². The van der Waals surface area contributed by atoms with Gasteiger partial charge in [-0.2, -0.15) is 0 Å². The molecule has 2 aromatic carbocycles. The van der Waals surface area contributed by atoms with Gasteiger partial charge in [0.25, 0.3) is 5.91 Å². The number of likely N-dealkylation sites (tertiary alicyclic amines) is 2. The first-order chi connectivity index (χ1) is 16.5. The number of carbonyl (C=O) groups excluding carboxylic acids is 4. The Morgan fingerprint density at radius 1 is 0.853 bits per heavy atom. The maximum atomic E-state index is 12.5. The maximum Gasteiger partial charge on any atom is 0.413 e. The number of rotatable bonds is 6. The van der Waals surface area contributed by atoms with Crippen LogP contribution in [0, 0.1) is 0 Å². The number of hydrogen-bond donors (Lipinski definition) is 3. The van der Waals surface area contributed by atoms with E-state index in [0.717, 1.165) is 10.9 Å². The highest BCUT2D eigenvalue weighted by Gasteiger charge is 2.54. The van der Waals surface area contributed by atoms with Crippen LogP contribution in [0.1, 0.15) is 10.5 Å². The van der Waals surface area contributed by atoms with E-state index in [0.29, 0.717) is 24.5 Å². The number of nitrogens with zero attached hydrogens (tertiary/aromatic N) is 2. The Kier molecular flexibility index (Phi) is 5.62. The molecule has 34 heavy (non-hydrogen) atoms. The zero-order chi connectivity index (χ0) is 23.7. The molecule has 2 saturated heterocycles. The first-order valence-corrected chi connectivity index (χ1v) is 11.0. The highest BCUT2D eigenvalue weighted by Crippen LogP contribution is 2.33. The summed E-state index contributed by atoms with van der Waals surface area (Å²) in [6.07, 6.45) is -0.701. The number of aromatic nitrogens is 1. The molecular weight excluding hydrogens is 438 g/mol. The van der Waals surface area contributed by atoms with E-state index in [1.165, 1.54) is 0 Å². The number of amides is 4. The summed E-state index contributed by atoms with van der Waals surface area (Å²) in [4.78, 5) is 55.5. The Morgan fingerprint density at radius 3 is 2.12 bits per heavy atom. The average molecular weight is 461 g/mol. The number of para-hydroxylation sites is 2. The lowest BCUT2D eigenvalue weighted by Gasteiger charge is -2.61. The van der Waals surface area contributed by atoms with Gasteiger partial charge in [0.15, 0.2) is 0 Å². The number of nitrogens with one attached hydrogen (secondary N) is 3. The second kappa shape index (κ2) is 8.89. The molecule has 174 valence electrons. The molecule has 5 rings (SSSR count). The molecule has 3 aromatic rings. The van der Waals surface area contributed by atoms with Gasteiger partial charge in [-0.15, -0.1) is 0 Å². The summed E-state index contributed by atoms with van der Waals surface area (Å²) >= 11 is 0. The van der Waals surface area contributed by atoms with Crippen molar-refractivity contribution in [3.63, 3.8) is 0 Å². The maximum absolute atomic E-state index is 12.5. The number of piperazine rings is 1. The minimum atomic E-state index is -0.701. The predicted octanol–water partition coefficient (Wildman–Crippen LogP) is 1.11. The van der Waals surface area contributed by atoms with Crippen molar-refractivity contribution in [1.29, 1.82) is 0 Å². The second-order valence-corrected chi connectivity index (χ2v) is 8.24. The zero-order valence-electron chi connectivity index (χ0n) is 18.2. The van der Waals surface area contributed by atoms with Gasteiger partial charge in [0, 0.05) is 24.0 Å². The smallest absolute Gasteiger partial charge is 0.410 e. The Balaban J connectivity index is 1.03. The van der Waals surface area contributed by atoms with Crippen molar-refractivity contribution < 1.29 is 23.9 Å². The highest BCUT2D eigenvalue weighted by molar-refractivity contribution is 5.99. The Labute approximate surface area is 194 Å². The molecule has 0 bridgehead atoms. The molecule has 10 heteroatoms. The molecule has 2 aliphatic rings. The van der Waals surface area contributed by atoms with E-state index in [1.54, 1.807) is 46.2 Å². The lowest BCUT2D eigenvalue weighted by Crippen LogP contribution is -2.81. The van der Waals surface area contributed by atoms with Crippen LogP contribution in [-0.4, -0.2) is 76.9 Å². The van der Waals surface area contributed by atoms with E-state index >= 15 is 0 Å². The Hall–Kier alpha value is -4.34. The molecule has 1 aromatic heterocycles. The zero-order valence-corrected chi connectivity index (χ0v) is 18.2. The SMILES string of the molecule is O=C(NCC(=O)N1CC2C1CN2C(=O)CNC(=O)c1cc2ccccc2[nH]1)Oc1ccccc1. The quantitative estimate of drug-likeness (QED) is 0.507. The van der Waals surface area contributed by atoms with Crippen LogP contribution in [0.4, 0.5) is 4.79 Å². The van der Waals surface area contributed by atoms with Crippen LogP contribution in [0.3, 0.4) is 0 Å². The second-order valence-electron chi connectivity index (χ2n) is 8.24. The van der Waals surface area contributed by atoms with Gasteiger partial charge >= 0.3 is 6.09 Å². The topological polar surface area (TPSA) is 124 Å². The first-order valence-electron chi connectivity index (χ1n) is 11.0. The molecule has 2 atom stereocenters. The monoisotopic (exact) mass is 461 g/mol. The number of hydrogen-bond acceptors (Lipinski definition) is 5. The van der Waals surface area contributed by atoms with Crippen LogP contribution in [0.25, 0.3) is 10.9 Å². The van der Waals surface area contributed by atoms with Crippen molar-refractivity contribution in [2.45, 2.75) is 12.1 Å². The van der Waals surface area contributed by atoms with Crippen molar-refractivity contribution in [2.24, 2.45) is 0 Å². The summed E-state index contributed by atoms with van der Waals surface area (Å²) in [6, 6.07) is 17.7. The van der Waals surface area contributed by atoms with Crippen LogP contribution in [0.2, 0.25) is 0 Å². The van der Waals surface area contributed by atoms with Crippen LogP contribution in [0.15, 0.2) is 60.7 Å². The minimum absolute atomic E-state index is 0.0577. The normalized spacial score (nSPS) is 18.4. The van der Waals surface area contributed by atoms with Gasteiger partial charge in [-0.3, -0.25) is 14.4 Å². The molecule has 3 heterocycles. The molecule has 2 unspecified atom stereocenters. The molecule has 0 radical (unpaired) electrons. The van der Waals surface area contributed by atoms with Crippen LogP contribution >= 0.6 is 0 Å². The van der Waals surface area contributed by atoms with Gasteiger partial charge in [-0.25, -0.2) is 4.79 Å². The fourth-order valence-electron chi connectivity index (χ4n) is 4.26.